The molecule has 2 aromatic carbocycles. The number of hydrogen-bond acceptors (Lipinski definition) is 5. The molecule has 8 nitrogen and oxygen atoms in total. The van der Waals surface area contributed by atoms with Crippen LogP contribution >= 0.6 is 0 Å². The number of nitrogens with one attached hydrogen (secondary N) is 2. The van der Waals surface area contributed by atoms with Crippen LogP contribution in [0.4, 0.5) is 0 Å². The summed E-state index contributed by atoms with van der Waals surface area (Å²) in [5.74, 6) is 1.51. The van der Waals surface area contributed by atoms with E-state index in [1.165, 1.54) is 5.56 Å². The van der Waals surface area contributed by atoms with Crippen molar-refractivity contribution in [3.63, 3.8) is 0 Å². The molecule has 0 saturated carbocycles. The van der Waals surface area contributed by atoms with Crippen molar-refractivity contribution in [3.05, 3.63) is 65.9 Å². The minimum atomic E-state index is -0.305. The number of aryl methyl sites for hydroxylation is 1. The number of benzene rings is 2. The topological polar surface area (TPSA) is 94.5 Å². The highest BCUT2D eigenvalue weighted by Gasteiger charge is 2.24. The van der Waals surface area contributed by atoms with Gasteiger partial charge in [-0.25, -0.2) is 0 Å². The van der Waals surface area contributed by atoms with Gasteiger partial charge < -0.3 is 20.1 Å². The Hall–Kier alpha value is -3.81. The number of carbonyl (C=O) groups is 2. The van der Waals surface area contributed by atoms with Crippen molar-refractivity contribution in [1.82, 2.24) is 20.4 Å². The van der Waals surface area contributed by atoms with E-state index in [1.807, 2.05) is 41.1 Å². The van der Waals surface area contributed by atoms with E-state index in [1.54, 1.807) is 20.3 Å². The smallest absolute Gasteiger partial charge is 0.272 e. The standard InChI is InChI=1S/C32H44N4O4/c1-22(2)18-25(19-30(37)33-17-11-14-24-12-8-7-9-13-24)34-32(38)26-20-27(36(35-26)21-23(3)4)31-28(39-5)15-10-16-29(31)40-6/h7-10,12-13,15-16,20,22-23,25H,11,14,17-19,21H2,1-6H3,(H,33,37)(H,34,38)/t25-/m0/s1. The summed E-state index contributed by atoms with van der Waals surface area (Å²) in [6.07, 6.45) is 2.67. The number of hydrogen-bond donors (Lipinski definition) is 2. The third-order valence-corrected chi connectivity index (χ3v) is 6.56. The molecule has 0 spiro atoms. The quantitative estimate of drug-likeness (QED) is 0.244. The van der Waals surface area contributed by atoms with Gasteiger partial charge in [0.15, 0.2) is 5.69 Å². The molecular weight excluding hydrogens is 504 g/mol. The van der Waals surface area contributed by atoms with Crippen LogP contribution in [0.3, 0.4) is 0 Å². The average Bonchev–Trinajstić information content (AvgIpc) is 3.33. The first kappa shape index (κ1) is 30.7. The second kappa shape index (κ2) is 15.1. The third kappa shape index (κ3) is 8.86. The molecule has 0 radical (unpaired) electrons. The van der Waals surface area contributed by atoms with Crippen molar-refractivity contribution in [2.75, 3.05) is 20.8 Å². The summed E-state index contributed by atoms with van der Waals surface area (Å²) in [6.45, 7) is 9.58. The van der Waals surface area contributed by atoms with Gasteiger partial charge in [0, 0.05) is 25.6 Å². The Morgan fingerprint density at radius 3 is 2.20 bits per heavy atom. The molecular formula is C32H44N4O4. The van der Waals surface area contributed by atoms with Gasteiger partial charge in [-0.05, 0) is 54.9 Å². The summed E-state index contributed by atoms with van der Waals surface area (Å²) < 4.78 is 13.1. The van der Waals surface area contributed by atoms with Crippen LogP contribution in [0.15, 0.2) is 54.6 Å². The predicted octanol–water partition coefficient (Wildman–Crippen LogP) is 5.51. The summed E-state index contributed by atoms with van der Waals surface area (Å²) in [6, 6.07) is 17.3. The number of nitrogens with zero attached hydrogens (tertiary/aromatic N) is 2. The van der Waals surface area contributed by atoms with Crippen LogP contribution in [0.1, 0.15) is 63.0 Å². The Labute approximate surface area is 238 Å². The Kier molecular flexibility index (Phi) is 11.6. The van der Waals surface area contributed by atoms with Gasteiger partial charge in [-0.3, -0.25) is 14.3 Å². The molecule has 0 unspecified atom stereocenters. The molecule has 40 heavy (non-hydrogen) atoms. The number of amides is 2. The van der Waals surface area contributed by atoms with Crippen molar-refractivity contribution in [1.29, 1.82) is 0 Å². The van der Waals surface area contributed by atoms with E-state index < -0.39 is 0 Å². The molecule has 2 N–H and O–H groups in total. The lowest BCUT2D eigenvalue weighted by atomic mass is 10.0. The SMILES string of the molecule is COc1cccc(OC)c1-c1cc(C(=O)N[C@H](CC(=O)NCCCc2ccccc2)CC(C)C)nn1CC(C)C. The van der Waals surface area contributed by atoms with E-state index in [-0.39, 0.29) is 24.3 Å². The third-order valence-electron chi connectivity index (χ3n) is 6.56. The predicted molar refractivity (Wildman–Crippen MR) is 159 cm³/mol. The molecule has 0 aliphatic heterocycles. The van der Waals surface area contributed by atoms with Gasteiger partial charge >= 0.3 is 0 Å². The van der Waals surface area contributed by atoms with Crippen LogP contribution in [0.2, 0.25) is 0 Å². The molecule has 0 aliphatic rings. The molecule has 3 aromatic rings. The zero-order chi connectivity index (χ0) is 29.1. The second-order valence-electron chi connectivity index (χ2n) is 11.0. The van der Waals surface area contributed by atoms with Gasteiger partial charge in [0.25, 0.3) is 5.91 Å². The summed E-state index contributed by atoms with van der Waals surface area (Å²) in [7, 11) is 3.22. The van der Waals surface area contributed by atoms with E-state index in [9.17, 15) is 9.59 Å². The molecule has 1 heterocycles. The lowest BCUT2D eigenvalue weighted by Crippen LogP contribution is -2.40. The minimum absolute atomic E-state index is 0.0659. The molecule has 0 aliphatic carbocycles. The Balaban J connectivity index is 1.73. The fourth-order valence-corrected chi connectivity index (χ4v) is 4.80. The zero-order valence-corrected chi connectivity index (χ0v) is 24.7. The maximum Gasteiger partial charge on any atom is 0.272 e. The molecule has 3 rings (SSSR count). The summed E-state index contributed by atoms with van der Waals surface area (Å²) in [5, 5.41) is 10.8. The Morgan fingerprint density at radius 2 is 1.60 bits per heavy atom. The summed E-state index contributed by atoms with van der Waals surface area (Å²) >= 11 is 0. The van der Waals surface area contributed by atoms with Crippen LogP contribution in [0.25, 0.3) is 11.3 Å². The number of rotatable bonds is 15. The van der Waals surface area contributed by atoms with Crippen molar-refractivity contribution in [2.24, 2.45) is 11.8 Å². The fourth-order valence-electron chi connectivity index (χ4n) is 4.80. The molecule has 216 valence electrons. The van der Waals surface area contributed by atoms with Gasteiger partial charge in [-0.1, -0.05) is 64.1 Å². The van der Waals surface area contributed by atoms with Crippen molar-refractivity contribution >= 4 is 11.8 Å². The van der Waals surface area contributed by atoms with Gasteiger partial charge in [0.2, 0.25) is 5.91 Å². The lowest BCUT2D eigenvalue weighted by Gasteiger charge is -2.20. The fraction of sp³-hybridized carbons (Fsp3) is 0.469. The largest absolute Gasteiger partial charge is 0.496 e. The molecule has 0 bridgehead atoms. The monoisotopic (exact) mass is 548 g/mol. The highest BCUT2D eigenvalue weighted by atomic mass is 16.5. The number of ether oxygens (including phenoxy) is 2. The molecule has 1 aromatic heterocycles. The van der Waals surface area contributed by atoms with Gasteiger partial charge in [-0.15, -0.1) is 0 Å². The molecule has 1 atom stereocenters. The Bertz CT molecular complexity index is 1210. The number of aromatic nitrogens is 2. The van der Waals surface area contributed by atoms with Crippen LogP contribution < -0.4 is 20.1 Å². The first-order chi connectivity index (χ1) is 19.2. The molecule has 0 fully saturated rings. The van der Waals surface area contributed by atoms with E-state index in [0.717, 1.165) is 24.1 Å². The average molecular weight is 549 g/mol. The number of methoxy groups -OCH3 is 2. The first-order valence-corrected chi connectivity index (χ1v) is 14.1. The second-order valence-corrected chi connectivity index (χ2v) is 11.0. The van der Waals surface area contributed by atoms with Crippen LogP contribution in [0.5, 0.6) is 11.5 Å². The highest BCUT2D eigenvalue weighted by Crippen LogP contribution is 2.38. The maximum absolute atomic E-state index is 13.4. The summed E-state index contributed by atoms with van der Waals surface area (Å²) in [5.41, 5.74) is 3.03. The van der Waals surface area contributed by atoms with Gasteiger partial charge in [-0.2, -0.15) is 5.10 Å². The highest BCUT2D eigenvalue weighted by molar-refractivity contribution is 5.94. The zero-order valence-electron chi connectivity index (χ0n) is 24.7. The van der Waals surface area contributed by atoms with Crippen molar-refractivity contribution in [3.8, 4) is 22.8 Å². The normalized spacial score (nSPS) is 11.9. The van der Waals surface area contributed by atoms with E-state index in [4.69, 9.17) is 9.47 Å². The van der Waals surface area contributed by atoms with E-state index in [2.05, 4.69) is 55.6 Å². The maximum atomic E-state index is 13.4. The van der Waals surface area contributed by atoms with Crippen LogP contribution in [0, 0.1) is 11.8 Å². The molecule has 0 saturated heterocycles. The van der Waals surface area contributed by atoms with Gasteiger partial charge in [0.1, 0.15) is 11.5 Å². The first-order valence-electron chi connectivity index (χ1n) is 14.1. The van der Waals surface area contributed by atoms with Crippen LogP contribution in [-0.4, -0.2) is 48.4 Å². The van der Waals surface area contributed by atoms with Crippen molar-refractivity contribution < 1.29 is 19.1 Å². The van der Waals surface area contributed by atoms with Crippen LogP contribution in [-0.2, 0) is 17.8 Å². The molecule has 8 heteroatoms. The lowest BCUT2D eigenvalue weighted by molar-refractivity contribution is -0.121. The van der Waals surface area contributed by atoms with E-state index in [0.29, 0.717) is 48.5 Å². The van der Waals surface area contributed by atoms with E-state index >= 15 is 0 Å². The molecule has 2 amide bonds. The summed E-state index contributed by atoms with van der Waals surface area (Å²) in [4.78, 5) is 26.2. The minimum Gasteiger partial charge on any atom is -0.496 e. The van der Waals surface area contributed by atoms with Gasteiger partial charge in [0.05, 0.1) is 25.5 Å². The number of carbonyl (C=O) groups excluding carboxylic acids is 2. The Morgan fingerprint density at radius 1 is 0.925 bits per heavy atom. The van der Waals surface area contributed by atoms with Crippen molar-refractivity contribution in [2.45, 2.75) is 66.0 Å².